The van der Waals surface area contributed by atoms with Gasteiger partial charge in [0.25, 0.3) is 0 Å². The van der Waals surface area contributed by atoms with Crippen molar-refractivity contribution >= 4 is 21.7 Å². The molecule has 5 nitrogen and oxygen atoms in total. The van der Waals surface area contributed by atoms with Crippen LogP contribution in [-0.4, -0.2) is 21.7 Å². The predicted molar refractivity (Wildman–Crippen MR) is 63.2 cm³/mol. The van der Waals surface area contributed by atoms with Gasteiger partial charge in [-0.3, -0.25) is 0 Å². The van der Waals surface area contributed by atoms with E-state index in [1.807, 2.05) is 18.2 Å². The zero-order valence-corrected chi connectivity index (χ0v) is 10.4. The summed E-state index contributed by atoms with van der Waals surface area (Å²) in [5.41, 5.74) is 0. The van der Waals surface area contributed by atoms with Gasteiger partial charge < -0.3 is 9.84 Å². The standard InChI is InChI=1S/C10H11BrN4O/c1-7-13-10(16-15-7)5-6-12-9-4-2-3-8(11)14-9/h2-4H,5-6H2,1H3,(H,12,14). The second kappa shape index (κ2) is 5.07. The van der Waals surface area contributed by atoms with Gasteiger partial charge in [-0.25, -0.2) is 4.98 Å². The first-order valence-electron chi connectivity index (χ1n) is 4.89. The number of halogens is 1. The summed E-state index contributed by atoms with van der Waals surface area (Å²) in [7, 11) is 0. The summed E-state index contributed by atoms with van der Waals surface area (Å²) >= 11 is 3.31. The molecule has 0 aliphatic heterocycles. The van der Waals surface area contributed by atoms with Crippen LogP contribution in [-0.2, 0) is 6.42 Å². The van der Waals surface area contributed by atoms with Gasteiger partial charge in [0.1, 0.15) is 10.4 Å². The van der Waals surface area contributed by atoms with E-state index >= 15 is 0 Å². The normalized spacial score (nSPS) is 10.4. The van der Waals surface area contributed by atoms with Crippen molar-refractivity contribution in [3.05, 3.63) is 34.5 Å². The summed E-state index contributed by atoms with van der Waals surface area (Å²) in [4.78, 5) is 8.36. The highest BCUT2D eigenvalue weighted by Gasteiger charge is 2.02. The molecular formula is C10H11BrN4O. The van der Waals surface area contributed by atoms with Gasteiger partial charge in [0, 0.05) is 13.0 Å². The topological polar surface area (TPSA) is 63.8 Å². The van der Waals surface area contributed by atoms with Crippen molar-refractivity contribution in [1.29, 1.82) is 0 Å². The summed E-state index contributed by atoms with van der Waals surface area (Å²) in [5, 5.41) is 6.89. The Bertz CT molecular complexity index is 471. The number of pyridine rings is 1. The largest absolute Gasteiger partial charge is 0.370 e. The molecule has 0 bridgehead atoms. The van der Waals surface area contributed by atoms with Crippen LogP contribution in [0.2, 0.25) is 0 Å². The van der Waals surface area contributed by atoms with Crippen LogP contribution in [0.5, 0.6) is 0 Å². The van der Waals surface area contributed by atoms with E-state index in [1.165, 1.54) is 0 Å². The number of rotatable bonds is 4. The summed E-state index contributed by atoms with van der Waals surface area (Å²) in [6, 6.07) is 5.71. The number of hydrogen-bond donors (Lipinski definition) is 1. The quantitative estimate of drug-likeness (QED) is 0.871. The molecule has 0 saturated carbocycles. The first kappa shape index (κ1) is 11.1. The molecule has 0 fully saturated rings. The molecule has 0 radical (unpaired) electrons. The van der Waals surface area contributed by atoms with Crippen LogP contribution in [0.1, 0.15) is 11.7 Å². The third-order valence-corrected chi connectivity index (χ3v) is 2.37. The molecule has 0 atom stereocenters. The van der Waals surface area contributed by atoms with Gasteiger partial charge >= 0.3 is 0 Å². The first-order valence-corrected chi connectivity index (χ1v) is 5.69. The Balaban J connectivity index is 1.84. The van der Waals surface area contributed by atoms with E-state index in [1.54, 1.807) is 6.92 Å². The number of anilines is 1. The second-order valence-electron chi connectivity index (χ2n) is 3.26. The van der Waals surface area contributed by atoms with Gasteiger partial charge in [0.05, 0.1) is 0 Å². The fourth-order valence-electron chi connectivity index (χ4n) is 1.25. The molecule has 6 heteroatoms. The Labute approximate surface area is 101 Å². The Morgan fingerprint density at radius 2 is 2.25 bits per heavy atom. The molecular weight excluding hydrogens is 272 g/mol. The van der Waals surface area contributed by atoms with Crippen LogP contribution in [0.4, 0.5) is 5.82 Å². The minimum Gasteiger partial charge on any atom is -0.370 e. The first-order chi connectivity index (χ1) is 7.74. The molecule has 0 unspecified atom stereocenters. The lowest BCUT2D eigenvalue weighted by molar-refractivity contribution is 0.377. The van der Waals surface area contributed by atoms with Crippen LogP contribution in [0.25, 0.3) is 0 Å². The maximum Gasteiger partial charge on any atom is 0.228 e. The Morgan fingerprint density at radius 1 is 1.38 bits per heavy atom. The fourth-order valence-corrected chi connectivity index (χ4v) is 1.59. The molecule has 1 N–H and O–H groups in total. The van der Waals surface area contributed by atoms with Crippen LogP contribution in [0.15, 0.2) is 27.3 Å². The number of aromatic nitrogens is 3. The zero-order chi connectivity index (χ0) is 11.4. The van der Waals surface area contributed by atoms with E-state index in [0.717, 1.165) is 10.4 Å². The van der Waals surface area contributed by atoms with Crippen molar-refractivity contribution in [2.24, 2.45) is 0 Å². The molecule has 0 aromatic carbocycles. The van der Waals surface area contributed by atoms with Crippen LogP contribution in [0.3, 0.4) is 0 Å². The van der Waals surface area contributed by atoms with Gasteiger partial charge in [-0.1, -0.05) is 11.2 Å². The number of nitrogens with zero attached hydrogens (tertiary/aromatic N) is 3. The zero-order valence-electron chi connectivity index (χ0n) is 8.77. The molecule has 2 rings (SSSR count). The number of hydrogen-bond acceptors (Lipinski definition) is 5. The maximum absolute atomic E-state index is 5.00. The van der Waals surface area contributed by atoms with Crippen LogP contribution < -0.4 is 5.32 Å². The predicted octanol–water partition coefficient (Wildman–Crippen LogP) is 2.19. The summed E-state index contributed by atoms with van der Waals surface area (Å²) in [6.45, 7) is 2.52. The van der Waals surface area contributed by atoms with Crippen molar-refractivity contribution in [2.45, 2.75) is 13.3 Å². The third kappa shape index (κ3) is 3.03. The van der Waals surface area contributed by atoms with E-state index in [9.17, 15) is 0 Å². The molecule has 2 heterocycles. The van der Waals surface area contributed by atoms with E-state index < -0.39 is 0 Å². The highest BCUT2D eigenvalue weighted by atomic mass is 79.9. The number of aryl methyl sites for hydroxylation is 1. The van der Waals surface area contributed by atoms with Crippen LogP contribution in [0, 0.1) is 6.92 Å². The molecule has 84 valence electrons. The molecule has 16 heavy (non-hydrogen) atoms. The summed E-state index contributed by atoms with van der Waals surface area (Å²) < 4.78 is 5.81. The lowest BCUT2D eigenvalue weighted by Crippen LogP contribution is -2.06. The minimum absolute atomic E-state index is 0.639. The van der Waals surface area contributed by atoms with Crippen molar-refractivity contribution in [1.82, 2.24) is 15.1 Å². The Kier molecular flexibility index (Phi) is 3.51. The van der Waals surface area contributed by atoms with Gasteiger partial charge in [-0.2, -0.15) is 4.98 Å². The molecule has 0 spiro atoms. The molecule has 0 saturated heterocycles. The average Bonchev–Trinajstić information content (AvgIpc) is 2.64. The fraction of sp³-hybridized carbons (Fsp3) is 0.300. The molecule has 2 aromatic rings. The molecule has 0 aliphatic carbocycles. The van der Waals surface area contributed by atoms with Gasteiger partial charge in [0.2, 0.25) is 5.89 Å². The van der Waals surface area contributed by atoms with Crippen molar-refractivity contribution in [2.75, 3.05) is 11.9 Å². The number of nitrogens with one attached hydrogen (secondary N) is 1. The molecule has 0 amide bonds. The van der Waals surface area contributed by atoms with Crippen molar-refractivity contribution in [3.63, 3.8) is 0 Å². The van der Waals surface area contributed by atoms with Crippen LogP contribution >= 0.6 is 15.9 Å². The maximum atomic E-state index is 5.00. The van der Waals surface area contributed by atoms with E-state index in [-0.39, 0.29) is 0 Å². The van der Waals surface area contributed by atoms with Crippen molar-refractivity contribution in [3.8, 4) is 0 Å². The van der Waals surface area contributed by atoms with E-state index in [2.05, 4.69) is 36.4 Å². The monoisotopic (exact) mass is 282 g/mol. The third-order valence-electron chi connectivity index (χ3n) is 1.93. The smallest absolute Gasteiger partial charge is 0.228 e. The Morgan fingerprint density at radius 3 is 2.94 bits per heavy atom. The Hall–Kier alpha value is -1.43. The van der Waals surface area contributed by atoms with E-state index in [4.69, 9.17) is 4.52 Å². The molecule has 2 aromatic heterocycles. The highest BCUT2D eigenvalue weighted by molar-refractivity contribution is 9.10. The average molecular weight is 283 g/mol. The highest BCUT2D eigenvalue weighted by Crippen LogP contribution is 2.09. The summed E-state index contributed by atoms with van der Waals surface area (Å²) in [6.07, 6.45) is 0.690. The van der Waals surface area contributed by atoms with E-state index in [0.29, 0.717) is 24.7 Å². The van der Waals surface area contributed by atoms with Gasteiger partial charge in [-0.05, 0) is 35.0 Å². The van der Waals surface area contributed by atoms with Gasteiger partial charge in [0.15, 0.2) is 5.82 Å². The second-order valence-corrected chi connectivity index (χ2v) is 4.07. The lowest BCUT2D eigenvalue weighted by Gasteiger charge is -2.03. The van der Waals surface area contributed by atoms with Crippen molar-refractivity contribution < 1.29 is 4.52 Å². The summed E-state index contributed by atoms with van der Waals surface area (Å²) in [5.74, 6) is 2.13. The minimum atomic E-state index is 0.639. The lowest BCUT2D eigenvalue weighted by atomic mass is 10.4. The SMILES string of the molecule is Cc1noc(CCNc2cccc(Br)n2)n1. The van der Waals surface area contributed by atoms with Gasteiger partial charge in [-0.15, -0.1) is 0 Å². The molecule has 0 aliphatic rings.